The van der Waals surface area contributed by atoms with E-state index in [9.17, 15) is 28.8 Å². The number of nitrogens with zero attached hydrogens (tertiary/aromatic N) is 2. The smallest absolute Gasteiger partial charge is 0.407 e. The molecule has 2 fully saturated rings. The van der Waals surface area contributed by atoms with Crippen LogP contribution in [-0.2, 0) is 50.0 Å². The molecule has 0 bridgehead atoms. The lowest BCUT2D eigenvalue weighted by Crippen LogP contribution is -2.53. The maximum absolute atomic E-state index is 14.6. The Hall–Kier alpha value is -6.78. The summed E-state index contributed by atoms with van der Waals surface area (Å²) in [5.74, 6) is -1.73. The van der Waals surface area contributed by atoms with Crippen LogP contribution in [-0.4, -0.2) is 118 Å². The van der Waals surface area contributed by atoms with Crippen molar-refractivity contribution >= 4 is 47.2 Å². The number of ether oxygens (including phenoxy) is 4. The van der Waals surface area contributed by atoms with Crippen molar-refractivity contribution in [3.05, 3.63) is 119 Å². The summed E-state index contributed by atoms with van der Waals surface area (Å²) in [6.07, 6.45) is 4.88. The number of carbonyl (C=O) groups excluding carboxylic acids is 6. The SMILES string of the molecule is CCCCC1(CCCC)c2cc(NC(=O)[C@@H]3C[C@H](COC)CN3C(=O)[C@@H](Cc3ccccc3)NC(=O)OC)ccc2-c2ccc(NC(=O)[C@@H]3C[C@H](COC)CN3C(=O)[C@H](NC(=O)OC)c3ccccc3)cc21. The molecule has 4 N–H and O–H groups in total. The average Bonchev–Trinajstić information content (AvgIpc) is 4.10. The van der Waals surface area contributed by atoms with Crippen molar-refractivity contribution in [2.75, 3.05) is 65.4 Å². The molecule has 72 heavy (non-hydrogen) atoms. The summed E-state index contributed by atoms with van der Waals surface area (Å²) >= 11 is 0. The number of amides is 6. The third-order valence-corrected chi connectivity index (χ3v) is 14.4. The highest BCUT2D eigenvalue weighted by Crippen LogP contribution is 2.55. The van der Waals surface area contributed by atoms with Crippen molar-refractivity contribution in [1.29, 1.82) is 0 Å². The Kier molecular flexibility index (Phi) is 18.1. The molecular formula is C56H70N6O10. The minimum atomic E-state index is -1.08. The predicted molar refractivity (Wildman–Crippen MR) is 274 cm³/mol. The van der Waals surface area contributed by atoms with Crippen LogP contribution in [0.4, 0.5) is 21.0 Å². The molecule has 1 aliphatic carbocycles. The van der Waals surface area contributed by atoms with Crippen molar-refractivity contribution in [2.24, 2.45) is 11.8 Å². The highest BCUT2D eigenvalue weighted by atomic mass is 16.5. The molecule has 3 aliphatic rings. The van der Waals surface area contributed by atoms with E-state index in [2.05, 4.69) is 47.2 Å². The number of likely N-dealkylation sites (tertiary alicyclic amines) is 2. The highest BCUT2D eigenvalue weighted by Gasteiger charge is 2.46. The predicted octanol–water partition coefficient (Wildman–Crippen LogP) is 8.00. The Morgan fingerprint density at radius 1 is 0.611 bits per heavy atom. The molecule has 6 amide bonds. The van der Waals surface area contributed by atoms with Crippen LogP contribution in [0.25, 0.3) is 11.1 Å². The van der Waals surface area contributed by atoms with E-state index in [0.29, 0.717) is 43.0 Å². The number of hydrogen-bond donors (Lipinski definition) is 4. The number of fused-ring (bicyclic) bond motifs is 3. The van der Waals surface area contributed by atoms with Crippen molar-refractivity contribution in [1.82, 2.24) is 20.4 Å². The molecule has 384 valence electrons. The van der Waals surface area contributed by atoms with E-state index in [0.717, 1.165) is 66.3 Å². The van der Waals surface area contributed by atoms with Crippen molar-refractivity contribution in [3.8, 4) is 11.1 Å². The van der Waals surface area contributed by atoms with Gasteiger partial charge in [0.15, 0.2) is 0 Å². The van der Waals surface area contributed by atoms with Gasteiger partial charge in [-0.25, -0.2) is 9.59 Å². The topological polar surface area (TPSA) is 194 Å². The van der Waals surface area contributed by atoms with E-state index in [1.54, 1.807) is 48.3 Å². The minimum absolute atomic E-state index is 0.107. The lowest BCUT2D eigenvalue weighted by molar-refractivity contribution is -0.138. The molecule has 7 rings (SSSR count). The summed E-state index contributed by atoms with van der Waals surface area (Å²) < 4.78 is 20.8. The van der Waals surface area contributed by atoms with Gasteiger partial charge in [0.2, 0.25) is 17.7 Å². The molecule has 2 saturated heterocycles. The first kappa shape index (κ1) is 53.0. The molecule has 6 atom stereocenters. The monoisotopic (exact) mass is 987 g/mol. The number of alkyl carbamates (subject to hydrolysis) is 2. The quantitative estimate of drug-likeness (QED) is 0.0636. The molecule has 4 aromatic rings. The van der Waals surface area contributed by atoms with Crippen LogP contribution >= 0.6 is 0 Å². The van der Waals surface area contributed by atoms with Crippen molar-refractivity contribution in [2.45, 2.75) is 101 Å². The second-order valence-electron chi connectivity index (χ2n) is 19.3. The molecule has 2 heterocycles. The minimum Gasteiger partial charge on any atom is -0.453 e. The first-order valence-electron chi connectivity index (χ1n) is 25.2. The average molecular weight is 987 g/mol. The summed E-state index contributed by atoms with van der Waals surface area (Å²) in [7, 11) is 5.67. The maximum Gasteiger partial charge on any atom is 0.407 e. The number of anilines is 2. The Balaban J connectivity index is 1.17. The third kappa shape index (κ3) is 11.9. The van der Waals surface area contributed by atoms with Gasteiger partial charge in [-0.15, -0.1) is 0 Å². The number of nitrogens with one attached hydrogen (secondary N) is 4. The first-order chi connectivity index (χ1) is 34.9. The van der Waals surface area contributed by atoms with E-state index in [1.807, 2.05) is 60.7 Å². The summed E-state index contributed by atoms with van der Waals surface area (Å²) in [5, 5.41) is 11.8. The fourth-order valence-corrected chi connectivity index (χ4v) is 11.0. The largest absolute Gasteiger partial charge is 0.453 e. The first-order valence-corrected chi connectivity index (χ1v) is 25.2. The second kappa shape index (κ2) is 24.6. The van der Waals surface area contributed by atoms with Gasteiger partial charge in [0.25, 0.3) is 5.91 Å². The van der Waals surface area contributed by atoms with Gasteiger partial charge in [-0.05, 0) is 83.3 Å². The lowest BCUT2D eigenvalue weighted by atomic mass is 9.70. The molecule has 0 saturated carbocycles. The number of methoxy groups -OCH3 is 4. The van der Waals surface area contributed by atoms with Gasteiger partial charge in [0, 0.05) is 62.4 Å². The molecule has 0 spiro atoms. The van der Waals surface area contributed by atoms with E-state index in [1.165, 1.54) is 14.2 Å². The maximum atomic E-state index is 14.6. The van der Waals surface area contributed by atoms with Gasteiger partial charge in [-0.1, -0.05) is 112 Å². The van der Waals surface area contributed by atoms with Crippen LogP contribution in [0, 0.1) is 11.8 Å². The number of carbonyl (C=O) groups is 6. The Morgan fingerprint density at radius 3 is 1.56 bits per heavy atom. The van der Waals surface area contributed by atoms with E-state index in [4.69, 9.17) is 18.9 Å². The molecule has 16 nitrogen and oxygen atoms in total. The van der Waals surface area contributed by atoms with E-state index < -0.39 is 47.7 Å². The third-order valence-electron chi connectivity index (χ3n) is 14.4. The number of rotatable bonds is 21. The fraction of sp³-hybridized carbons (Fsp3) is 0.464. The van der Waals surface area contributed by atoms with Gasteiger partial charge >= 0.3 is 12.2 Å². The van der Waals surface area contributed by atoms with Gasteiger partial charge in [-0.3, -0.25) is 19.2 Å². The molecule has 2 aliphatic heterocycles. The molecular weight excluding hydrogens is 917 g/mol. The fourth-order valence-electron chi connectivity index (χ4n) is 11.0. The Labute approximate surface area is 422 Å². The van der Waals surface area contributed by atoms with Crippen LogP contribution in [0.5, 0.6) is 0 Å². The van der Waals surface area contributed by atoms with Gasteiger partial charge < -0.3 is 50.0 Å². The van der Waals surface area contributed by atoms with Gasteiger partial charge in [-0.2, -0.15) is 0 Å². The molecule has 0 aromatic heterocycles. The van der Waals surface area contributed by atoms with E-state index >= 15 is 0 Å². The molecule has 4 aromatic carbocycles. The number of benzene rings is 4. The van der Waals surface area contributed by atoms with Crippen LogP contribution in [0.1, 0.15) is 93.5 Å². The Bertz CT molecular complexity index is 2530. The lowest BCUT2D eigenvalue weighted by Gasteiger charge is -2.33. The van der Waals surface area contributed by atoms with Crippen LogP contribution in [0.3, 0.4) is 0 Å². The van der Waals surface area contributed by atoms with Gasteiger partial charge in [0.1, 0.15) is 24.2 Å². The van der Waals surface area contributed by atoms with Crippen molar-refractivity contribution in [3.63, 3.8) is 0 Å². The van der Waals surface area contributed by atoms with Crippen LogP contribution in [0.15, 0.2) is 97.1 Å². The molecule has 0 radical (unpaired) electrons. The van der Waals surface area contributed by atoms with Crippen molar-refractivity contribution < 1.29 is 47.7 Å². The van der Waals surface area contributed by atoms with Gasteiger partial charge in [0.05, 0.1) is 27.4 Å². The standard InChI is InChI=1S/C56H70N6O10/c1-7-9-25-56(26-10-8-2)44-30-40(57-50(63)47-28-37(34-69-3)32-61(47)52(65)46(59-54(67)71-5)27-36-17-13-11-14-18-36)21-23-42(44)43-24-22-41(31-45(43)56)58-51(64)48-29-38(35-70-4)33-62(48)53(66)49(60-55(68)72-6)39-19-15-12-16-20-39/h11-24,30-31,37-38,46-49H,7-10,25-29,32-35H2,1-6H3,(H,57,63)(H,58,64)(H,59,67)(H,60,68)/t37-,38-,46+,47-,48-,49+/m0/s1. The zero-order chi connectivity index (χ0) is 51.4. The normalized spacial score (nSPS) is 19.4. The summed E-state index contributed by atoms with van der Waals surface area (Å²) in [6.45, 7) is 5.58. The van der Waals surface area contributed by atoms with E-state index in [-0.39, 0.29) is 49.1 Å². The van der Waals surface area contributed by atoms with Crippen LogP contribution in [0.2, 0.25) is 0 Å². The number of hydrogen-bond acceptors (Lipinski definition) is 10. The Morgan fingerprint density at radius 2 is 1.08 bits per heavy atom. The summed E-state index contributed by atoms with van der Waals surface area (Å²) in [5.41, 5.74) is 6.40. The highest BCUT2D eigenvalue weighted by molar-refractivity contribution is 6.01. The van der Waals surface area contributed by atoms with Crippen LogP contribution < -0.4 is 21.3 Å². The zero-order valence-corrected chi connectivity index (χ0v) is 42.4. The second-order valence-corrected chi connectivity index (χ2v) is 19.3. The summed E-state index contributed by atoms with van der Waals surface area (Å²) in [4.78, 5) is 86.2. The summed E-state index contributed by atoms with van der Waals surface area (Å²) in [6, 6.07) is 26.6. The number of unbranched alkanes of at least 4 members (excludes halogenated alkanes) is 2. The molecule has 16 heteroatoms. The molecule has 0 unspecified atom stereocenters. The zero-order valence-electron chi connectivity index (χ0n) is 42.4.